The van der Waals surface area contributed by atoms with Crippen LogP contribution in [0.2, 0.25) is 5.02 Å². The second-order valence-electron chi connectivity index (χ2n) is 3.63. The molecule has 5 heteroatoms. The number of halogens is 1. The van der Waals surface area contributed by atoms with Gasteiger partial charge in [-0.1, -0.05) is 11.6 Å². The van der Waals surface area contributed by atoms with Gasteiger partial charge >= 0.3 is 0 Å². The van der Waals surface area contributed by atoms with Crippen LogP contribution in [-0.4, -0.2) is 12.2 Å². The van der Waals surface area contributed by atoms with Gasteiger partial charge in [-0.2, -0.15) is 0 Å². The highest BCUT2D eigenvalue weighted by Gasteiger charge is 2.26. The van der Waals surface area contributed by atoms with E-state index in [0.29, 0.717) is 16.3 Å². The first kappa shape index (κ1) is 12.1. The number of nitrogens with two attached hydrogens (primary N) is 1. The van der Waals surface area contributed by atoms with Crippen LogP contribution in [0.25, 0.3) is 0 Å². The van der Waals surface area contributed by atoms with Gasteiger partial charge in [0.15, 0.2) is 11.5 Å². The fourth-order valence-corrected chi connectivity index (χ4v) is 1.46. The van der Waals surface area contributed by atoms with Crippen molar-refractivity contribution < 1.29 is 14.7 Å². The van der Waals surface area contributed by atoms with Gasteiger partial charge in [-0.05, 0) is 19.9 Å². The minimum absolute atomic E-state index is 0.0163. The molecular formula is C10H14ClNO3. The molecule has 0 amide bonds. The first-order valence-corrected chi connectivity index (χ1v) is 4.75. The Morgan fingerprint density at radius 3 is 2.47 bits per heavy atom. The molecule has 0 aliphatic heterocycles. The highest BCUT2D eigenvalue weighted by Crippen LogP contribution is 2.39. The molecule has 0 heterocycles. The molecule has 0 aromatic heterocycles. The van der Waals surface area contributed by atoms with E-state index in [-0.39, 0.29) is 5.75 Å². The summed E-state index contributed by atoms with van der Waals surface area (Å²) < 4.78 is 4.98. The lowest BCUT2D eigenvalue weighted by molar-refractivity contribution is -0.0252. The molecule has 0 saturated heterocycles. The van der Waals surface area contributed by atoms with Crippen LogP contribution in [0.5, 0.6) is 11.5 Å². The summed E-state index contributed by atoms with van der Waals surface area (Å²) in [5.74, 6) is 5.43. The van der Waals surface area contributed by atoms with E-state index in [4.69, 9.17) is 27.1 Å². The lowest BCUT2D eigenvalue weighted by atomic mass is 9.97. The predicted octanol–water partition coefficient (Wildman–Crippen LogP) is 2.18. The summed E-state index contributed by atoms with van der Waals surface area (Å²) in [4.78, 5) is 4.78. The monoisotopic (exact) mass is 231 g/mol. The summed E-state index contributed by atoms with van der Waals surface area (Å²) in [6.45, 7) is 3.44. The maximum Gasteiger partial charge on any atom is 0.164 e. The van der Waals surface area contributed by atoms with Crippen molar-refractivity contribution in [3.8, 4) is 11.5 Å². The molecule has 15 heavy (non-hydrogen) atoms. The van der Waals surface area contributed by atoms with E-state index in [1.807, 2.05) is 0 Å². The van der Waals surface area contributed by atoms with Gasteiger partial charge in [-0.25, -0.2) is 5.90 Å². The molecule has 1 rings (SSSR count). The number of rotatable bonds is 3. The molecule has 0 spiro atoms. The van der Waals surface area contributed by atoms with Crippen LogP contribution in [0, 0.1) is 0 Å². The van der Waals surface area contributed by atoms with Crippen LogP contribution in [0.1, 0.15) is 19.4 Å². The molecule has 0 radical (unpaired) electrons. The Bertz CT molecular complexity index is 366. The Morgan fingerprint density at radius 2 is 2.00 bits per heavy atom. The van der Waals surface area contributed by atoms with Crippen LogP contribution in [0.3, 0.4) is 0 Å². The van der Waals surface area contributed by atoms with Crippen LogP contribution >= 0.6 is 11.6 Å². The Hall–Kier alpha value is -0.970. The first-order valence-electron chi connectivity index (χ1n) is 4.37. The van der Waals surface area contributed by atoms with Gasteiger partial charge in [0.2, 0.25) is 0 Å². The van der Waals surface area contributed by atoms with E-state index in [1.54, 1.807) is 19.9 Å². The van der Waals surface area contributed by atoms with Crippen molar-refractivity contribution in [2.24, 2.45) is 5.90 Å². The zero-order chi connectivity index (χ0) is 11.6. The molecular weight excluding hydrogens is 218 g/mol. The van der Waals surface area contributed by atoms with E-state index in [9.17, 15) is 5.11 Å². The fourth-order valence-electron chi connectivity index (χ4n) is 1.25. The van der Waals surface area contributed by atoms with Gasteiger partial charge in [0.05, 0.1) is 7.11 Å². The van der Waals surface area contributed by atoms with Crippen molar-refractivity contribution in [1.29, 1.82) is 0 Å². The van der Waals surface area contributed by atoms with Crippen molar-refractivity contribution in [2.75, 3.05) is 7.11 Å². The largest absolute Gasteiger partial charge is 0.504 e. The van der Waals surface area contributed by atoms with Gasteiger partial charge in [-0.15, -0.1) is 0 Å². The number of hydrogen-bond acceptors (Lipinski definition) is 4. The molecule has 1 aromatic rings. The van der Waals surface area contributed by atoms with E-state index in [2.05, 4.69) is 0 Å². The van der Waals surface area contributed by atoms with Gasteiger partial charge < -0.3 is 9.84 Å². The van der Waals surface area contributed by atoms with Crippen LogP contribution < -0.4 is 10.6 Å². The summed E-state index contributed by atoms with van der Waals surface area (Å²) in [6.07, 6.45) is 0. The third kappa shape index (κ3) is 2.34. The van der Waals surface area contributed by atoms with Crippen LogP contribution in [-0.2, 0) is 10.4 Å². The molecule has 0 aliphatic carbocycles. The van der Waals surface area contributed by atoms with Gasteiger partial charge in [0.1, 0.15) is 5.60 Å². The molecule has 3 N–H and O–H groups in total. The average Bonchev–Trinajstić information content (AvgIpc) is 2.20. The highest BCUT2D eigenvalue weighted by atomic mass is 35.5. The molecule has 0 bridgehead atoms. The van der Waals surface area contributed by atoms with Crippen LogP contribution in [0.15, 0.2) is 12.1 Å². The summed E-state index contributed by atoms with van der Waals surface area (Å²) in [6, 6.07) is 3.11. The maximum atomic E-state index is 9.86. The number of ether oxygens (including phenoxy) is 1. The Balaban J connectivity index is 3.35. The molecule has 0 saturated carbocycles. The van der Waals surface area contributed by atoms with E-state index in [0.717, 1.165) is 0 Å². The van der Waals surface area contributed by atoms with Crippen molar-refractivity contribution in [1.82, 2.24) is 0 Å². The number of aromatic hydroxyl groups is 1. The first-order chi connectivity index (χ1) is 6.92. The lowest BCUT2D eigenvalue weighted by Gasteiger charge is -2.24. The molecule has 0 aliphatic rings. The molecule has 0 unspecified atom stereocenters. The van der Waals surface area contributed by atoms with Crippen molar-refractivity contribution in [3.63, 3.8) is 0 Å². The lowest BCUT2D eigenvalue weighted by Crippen LogP contribution is -2.25. The quantitative estimate of drug-likeness (QED) is 0.783. The summed E-state index contributed by atoms with van der Waals surface area (Å²) in [7, 11) is 1.45. The number of hydrogen-bond donors (Lipinski definition) is 2. The summed E-state index contributed by atoms with van der Waals surface area (Å²) in [5, 5.41) is 10.3. The molecule has 1 aromatic carbocycles. The summed E-state index contributed by atoms with van der Waals surface area (Å²) in [5.41, 5.74) is -0.350. The topological polar surface area (TPSA) is 64.7 Å². The third-order valence-electron chi connectivity index (χ3n) is 2.20. The Labute approximate surface area is 93.5 Å². The van der Waals surface area contributed by atoms with E-state index >= 15 is 0 Å². The zero-order valence-electron chi connectivity index (χ0n) is 8.87. The number of phenolic OH excluding ortho intramolecular Hbond substituents is 1. The Kier molecular flexibility index (Phi) is 3.44. The van der Waals surface area contributed by atoms with Crippen molar-refractivity contribution >= 4 is 11.6 Å². The molecule has 84 valence electrons. The molecule has 0 atom stereocenters. The SMILES string of the molecule is COc1cc(Cl)cc(C(C)(C)ON)c1O. The standard InChI is InChI=1S/C10H14ClNO3/c1-10(2,15-12)7-4-6(11)5-8(14-3)9(7)13/h4-5,13H,12H2,1-3H3. The predicted molar refractivity (Wildman–Crippen MR) is 58.0 cm³/mol. The van der Waals surface area contributed by atoms with Gasteiger partial charge in [-0.3, -0.25) is 4.84 Å². The van der Waals surface area contributed by atoms with Crippen molar-refractivity contribution in [3.05, 3.63) is 22.7 Å². The fraction of sp³-hybridized carbons (Fsp3) is 0.400. The summed E-state index contributed by atoms with van der Waals surface area (Å²) >= 11 is 5.88. The number of phenols is 1. The normalized spacial score (nSPS) is 11.5. The molecule has 4 nitrogen and oxygen atoms in total. The number of benzene rings is 1. The third-order valence-corrected chi connectivity index (χ3v) is 2.42. The highest BCUT2D eigenvalue weighted by molar-refractivity contribution is 6.30. The molecule has 0 fully saturated rings. The van der Waals surface area contributed by atoms with Gasteiger partial charge in [0, 0.05) is 16.7 Å². The smallest absolute Gasteiger partial charge is 0.164 e. The van der Waals surface area contributed by atoms with Crippen LogP contribution in [0.4, 0.5) is 0 Å². The van der Waals surface area contributed by atoms with E-state index in [1.165, 1.54) is 13.2 Å². The minimum Gasteiger partial charge on any atom is -0.504 e. The van der Waals surface area contributed by atoms with E-state index < -0.39 is 5.60 Å². The maximum absolute atomic E-state index is 9.86. The second kappa shape index (κ2) is 4.26. The van der Waals surface area contributed by atoms with Crippen molar-refractivity contribution in [2.45, 2.75) is 19.4 Å². The minimum atomic E-state index is -0.831. The zero-order valence-corrected chi connectivity index (χ0v) is 9.63. The average molecular weight is 232 g/mol. The van der Waals surface area contributed by atoms with Gasteiger partial charge in [0.25, 0.3) is 0 Å². The Morgan fingerprint density at radius 1 is 1.40 bits per heavy atom. The second-order valence-corrected chi connectivity index (χ2v) is 4.07. The number of methoxy groups -OCH3 is 1.